The highest BCUT2D eigenvalue weighted by Gasteiger charge is 2.31. The van der Waals surface area contributed by atoms with Crippen molar-refractivity contribution in [3.8, 4) is 0 Å². The molecule has 1 rings (SSSR count). The van der Waals surface area contributed by atoms with Gasteiger partial charge in [-0.1, -0.05) is 34.1 Å². The summed E-state index contributed by atoms with van der Waals surface area (Å²) in [4.78, 5) is 2.72. The average Bonchev–Trinajstić information content (AvgIpc) is 2.45. The molecule has 3 atom stereocenters. The SMILES string of the molecule is CCC(C)C1CN(CCC(C)(C)OC)C(CC(C)C)CN1. The van der Waals surface area contributed by atoms with Crippen LogP contribution in [0.3, 0.4) is 0 Å². The lowest BCUT2D eigenvalue weighted by atomic mass is 9.92. The Morgan fingerprint density at radius 3 is 2.48 bits per heavy atom. The third kappa shape index (κ3) is 6.25. The Bertz CT molecular complexity index is 291. The molecule has 0 radical (unpaired) electrons. The van der Waals surface area contributed by atoms with Crippen LogP contribution in [0, 0.1) is 11.8 Å². The van der Waals surface area contributed by atoms with E-state index in [2.05, 4.69) is 51.8 Å². The Hall–Kier alpha value is -0.120. The first kappa shape index (κ1) is 18.9. The smallest absolute Gasteiger partial charge is 0.0634 e. The fourth-order valence-electron chi connectivity index (χ4n) is 3.11. The lowest BCUT2D eigenvalue weighted by molar-refractivity contribution is -0.00327. The van der Waals surface area contributed by atoms with Crippen molar-refractivity contribution in [2.45, 2.75) is 78.5 Å². The minimum atomic E-state index is -0.0148. The van der Waals surface area contributed by atoms with Crippen LogP contribution in [0.2, 0.25) is 0 Å². The molecule has 1 saturated heterocycles. The second-order valence-corrected chi connectivity index (χ2v) is 7.89. The summed E-state index contributed by atoms with van der Waals surface area (Å²) in [6.07, 6.45) is 3.64. The maximum absolute atomic E-state index is 5.60. The molecule has 1 aliphatic heterocycles. The third-order valence-electron chi connectivity index (χ3n) is 5.19. The summed E-state index contributed by atoms with van der Waals surface area (Å²) in [5.41, 5.74) is -0.0148. The highest BCUT2D eigenvalue weighted by molar-refractivity contribution is 4.89. The third-order valence-corrected chi connectivity index (χ3v) is 5.19. The molecule has 0 aromatic heterocycles. The van der Waals surface area contributed by atoms with Crippen molar-refractivity contribution in [1.82, 2.24) is 10.2 Å². The summed E-state index contributed by atoms with van der Waals surface area (Å²) in [6, 6.07) is 1.32. The van der Waals surface area contributed by atoms with Crippen molar-refractivity contribution in [3.05, 3.63) is 0 Å². The van der Waals surface area contributed by atoms with E-state index in [1.165, 1.54) is 19.4 Å². The molecule has 0 aliphatic carbocycles. The Labute approximate surface area is 132 Å². The van der Waals surface area contributed by atoms with Gasteiger partial charge in [0.15, 0.2) is 0 Å². The van der Waals surface area contributed by atoms with E-state index < -0.39 is 0 Å². The minimum Gasteiger partial charge on any atom is -0.379 e. The van der Waals surface area contributed by atoms with E-state index in [9.17, 15) is 0 Å². The van der Waals surface area contributed by atoms with Gasteiger partial charge in [-0.05, 0) is 38.5 Å². The molecule has 0 saturated carbocycles. The van der Waals surface area contributed by atoms with Gasteiger partial charge in [0.05, 0.1) is 5.60 Å². The van der Waals surface area contributed by atoms with Crippen molar-refractivity contribution in [2.75, 3.05) is 26.7 Å². The summed E-state index contributed by atoms with van der Waals surface area (Å²) in [5, 5.41) is 3.79. The van der Waals surface area contributed by atoms with Crippen LogP contribution in [0.4, 0.5) is 0 Å². The molecular formula is C18H38N2O. The Morgan fingerprint density at radius 2 is 1.95 bits per heavy atom. The number of methoxy groups -OCH3 is 1. The second kappa shape index (κ2) is 8.50. The standard InChI is InChI=1S/C18H38N2O/c1-8-15(4)17-13-20(10-9-18(5,6)21-7)16(12-19-17)11-14(2)3/h14-17,19H,8-13H2,1-7H3. The van der Waals surface area contributed by atoms with Crippen LogP contribution in [0.15, 0.2) is 0 Å². The molecule has 3 nitrogen and oxygen atoms in total. The molecule has 21 heavy (non-hydrogen) atoms. The molecule has 1 fully saturated rings. The van der Waals surface area contributed by atoms with E-state index in [4.69, 9.17) is 4.74 Å². The first-order chi connectivity index (χ1) is 9.79. The van der Waals surface area contributed by atoms with Gasteiger partial charge in [0.2, 0.25) is 0 Å². The molecular weight excluding hydrogens is 260 g/mol. The van der Waals surface area contributed by atoms with Crippen LogP contribution >= 0.6 is 0 Å². The summed E-state index contributed by atoms with van der Waals surface area (Å²) in [5.74, 6) is 1.51. The number of nitrogens with zero attached hydrogens (tertiary/aromatic N) is 1. The molecule has 3 heteroatoms. The topological polar surface area (TPSA) is 24.5 Å². The summed E-state index contributed by atoms with van der Waals surface area (Å²) < 4.78 is 5.60. The van der Waals surface area contributed by atoms with E-state index in [0.29, 0.717) is 12.1 Å². The molecule has 0 bridgehead atoms. The second-order valence-electron chi connectivity index (χ2n) is 7.89. The molecule has 3 unspecified atom stereocenters. The van der Waals surface area contributed by atoms with E-state index >= 15 is 0 Å². The fraction of sp³-hybridized carbons (Fsp3) is 1.00. The van der Waals surface area contributed by atoms with Crippen LogP contribution in [0.1, 0.15) is 60.8 Å². The van der Waals surface area contributed by atoms with E-state index in [0.717, 1.165) is 31.3 Å². The number of piperazine rings is 1. The number of nitrogens with one attached hydrogen (secondary N) is 1. The highest BCUT2D eigenvalue weighted by atomic mass is 16.5. The predicted molar refractivity (Wildman–Crippen MR) is 91.8 cm³/mol. The normalized spacial score (nSPS) is 26.3. The minimum absolute atomic E-state index is 0.0148. The van der Waals surface area contributed by atoms with Crippen LogP contribution in [-0.4, -0.2) is 49.3 Å². The van der Waals surface area contributed by atoms with E-state index in [1.54, 1.807) is 0 Å². The Balaban J connectivity index is 2.64. The van der Waals surface area contributed by atoms with Crippen molar-refractivity contribution < 1.29 is 4.74 Å². The van der Waals surface area contributed by atoms with Gasteiger partial charge in [-0.15, -0.1) is 0 Å². The largest absolute Gasteiger partial charge is 0.379 e. The number of ether oxygens (including phenoxy) is 1. The molecule has 0 aromatic rings. The van der Waals surface area contributed by atoms with Crippen LogP contribution < -0.4 is 5.32 Å². The molecule has 0 aromatic carbocycles. The zero-order chi connectivity index (χ0) is 16.0. The predicted octanol–water partition coefficient (Wildman–Crippen LogP) is 3.54. The van der Waals surface area contributed by atoms with Gasteiger partial charge in [0, 0.05) is 38.8 Å². The summed E-state index contributed by atoms with van der Waals surface area (Å²) in [7, 11) is 1.82. The molecule has 0 amide bonds. The van der Waals surface area contributed by atoms with Gasteiger partial charge in [-0.25, -0.2) is 0 Å². The quantitative estimate of drug-likeness (QED) is 0.742. The summed E-state index contributed by atoms with van der Waals surface area (Å²) >= 11 is 0. The molecule has 1 N–H and O–H groups in total. The van der Waals surface area contributed by atoms with Crippen molar-refractivity contribution in [2.24, 2.45) is 11.8 Å². The number of hydrogen-bond acceptors (Lipinski definition) is 3. The Morgan fingerprint density at radius 1 is 1.29 bits per heavy atom. The van der Waals surface area contributed by atoms with Crippen LogP contribution in [0.5, 0.6) is 0 Å². The van der Waals surface area contributed by atoms with Gasteiger partial charge in [-0.2, -0.15) is 0 Å². The first-order valence-corrected chi connectivity index (χ1v) is 8.81. The lowest BCUT2D eigenvalue weighted by Crippen LogP contribution is -2.59. The van der Waals surface area contributed by atoms with Gasteiger partial charge in [-0.3, -0.25) is 4.90 Å². The van der Waals surface area contributed by atoms with Gasteiger partial charge < -0.3 is 10.1 Å². The van der Waals surface area contributed by atoms with E-state index in [1.807, 2.05) is 7.11 Å². The van der Waals surface area contributed by atoms with Gasteiger partial charge >= 0.3 is 0 Å². The van der Waals surface area contributed by atoms with Crippen molar-refractivity contribution in [1.29, 1.82) is 0 Å². The number of rotatable bonds is 8. The van der Waals surface area contributed by atoms with Crippen molar-refractivity contribution in [3.63, 3.8) is 0 Å². The first-order valence-electron chi connectivity index (χ1n) is 8.81. The lowest BCUT2D eigenvalue weighted by Gasteiger charge is -2.44. The van der Waals surface area contributed by atoms with Gasteiger partial charge in [0.25, 0.3) is 0 Å². The van der Waals surface area contributed by atoms with Crippen molar-refractivity contribution >= 4 is 0 Å². The molecule has 0 spiro atoms. The molecule has 1 aliphatic rings. The molecule has 1 heterocycles. The zero-order valence-electron chi connectivity index (χ0n) is 15.4. The van der Waals surface area contributed by atoms with Crippen LogP contribution in [-0.2, 0) is 4.74 Å². The van der Waals surface area contributed by atoms with E-state index in [-0.39, 0.29) is 5.60 Å². The monoisotopic (exact) mass is 298 g/mol. The van der Waals surface area contributed by atoms with Crippen LogP contribution in [0.25, 0.3) is 0 Å². The van der Waals surface area contributed by atoms with Gasteiger partial charge in [0.1, 0.15) is 0 Å². The number of hydrogen-bond donors (Lipinski definition) is 1. The Kier molecular flexibility index (Phi) is 7.66. The molecule has 126 valence electrons. The summed E-state index contributed by atoms with van der Waals surface area (Å²) in [6.45, 7) is 17.2. The highest BCUT2D eigenvalue weighted by Crippen LogP contribution is 2.22. The average molecular weight is 299 g/mol. The fourth-order valence-corrected chi connectivity index (χ4v) is 3.11. The zero-order valence-corrected chi connectivity index (χ0v) is 15.4. The maximum Gasteiger partial charge on any atom is 0.0634 e. The maximum atomic E-state index is 5.60.